The molecule has 1 aromatic carbocycles. The van der Waals surface area contributed by atoms with Gasteiger partial charge in [0.25, 0.3) is 0 Å². The smallest absolute Gasteiger partial charge is 0.243 e. The van der Waals surface area contributed by atoms with Crippen LogP contribution in [-0.2, 0) is 0 Å². The van der Waals surface area contributed by atoms with Crippen molar-refractivity contribution in [1.29, 1.82) is 0 Å². The third-order valence-corrected chi connectivity index (χ3v) is 5.85. The first kappa shape index (κ1) is 22.8. The third kappa shape index (κ3) is 5.01. The Morgan fingerprint density at radius 2 is 2.03 bits per heavy atom. The molecule has 33 heavy (non-hydrogen) atoms. The molecule has 1 fully saturated rings. The number of nitrogens with zero attached hydrogens (tertiary/aromatic N) is 4. The molecule has 0 spiro atoms. The van der Waals surface area contributed by atoms with Crippen LogP contribution in [0.15, 0.2) is 72.5 Å². The van der Waals surface area contributed by atoms with E-state index in [4.69, 9.17) is 17.3 Å². The molecular weight excluding hydrogens is 446 g/mol. The summed E-state index contributed by atoms with van der Waals surface area (Å²) in [6.45, 7) is 6.56. The summed E-state index contributed by atoms with van der Waals surface area (Å²) in [7, 11) is 0. The lowest BCUT2D eigenvalue weighted by Gasteiger charge is -2.34. The van der Waals surface area contributed by atoms with Gasteiger partial charge in [-0.1, -0.05) is 18.2 Å². The van der Waals surface area contributed by atoms with Gasteiger partial charge in [-0.25, -0.2) is 13.3 Å². The van der Waals surface area contributed by atoms with E-state index in [9.17, 15) is 8.78 Å². The van der Waals surface area contributed by atoms with E-state index in [1.165, 1.54) is 18.2 Å². The summed E-state index contributed by atoms with van der Waals surface area (Å²) in [6.07, 6.45) is 6.18. The number of benzene rings is 1. The molecular formula is C24H25ClF2N6. The fraction of sp³-hybridized carbons (Fsp3) is 0.250. The molecule has 3 N–H and O–H groups in total. The number of hydrogen-bond donors (Lipinski definition) is 2. The Labute approximate surface area is 196 Å². The van der Waals surface area contributed by atoms with Gasteiger partial charge in [0.2, 0.25) is 5.95 Å². The summed E-state index contributed by atoms with van der Waals surface area (Å²) >= 11 is 6.26. The van der Waals surface area contributed by atoms with E-state index in [-0.39, 0.29) is 11.9 Å². The van der Waals surface area contributed by atoms with E-state index in [0.717, 1.165) is 18.4 Å². The molecule has 1 aliphatic rings. The zero-order valence-electron chi connectivity index (χ0n) is 18.2. The van der Waals surface area contributed by atoms with Crippen LogP contribution in [0.5, 0.6) is 0 Å². The van der Waals surface area contributed by atoms with Crippen molar-refractivity contribution in [1.82, 2.24) is 19.5 Å². The van der Waals surface area contributed by atoms with Gasteiger partial charge in [0.05, 0.1) is 10.7 Å². The Kier molecular flexibility index (Phi) is 6.65. The van der Waals surface area contributed by atoms with E-state index >= 15 is 0 Å². The summed E-state index contributed by atoms with van der Waals surface area (Å²) in [5.74, 6) is -0.293. The van der Waals surface area contributed by atoms with E-state index in [2.05, 4.69) is 22.0 Å². The number of allylic oxidation sites excluding steroid dienone is 4. The molecule has 9 heteroatoms. The first-order valence-electron chi connectivity index (χ1n) is 10.6. The number of rotatable bonds is 6. The van der Waals surface area contributed by atoms with E-state index < -0.39 is 5.82 Å². The molecule has 3 heterocycles. The predicted octanol–water partition coefficient (Wildman–Crippen LogP) is 5.29. The maximum atomic E-state index is 14.3. The number of nitrogens with two attached hydrogens (primary N) is 1. The maximum absolute atomic E-state index is 14.3. The first-order valence-corrected chi connectivity index (χ1v) is 11.0. The Bertz CT molecular complexity index is 1240. The van der Waals surface area contributed by atoms with E-state index in [0.29, 0.717) is 46.7 Å². The number of aromatic nitrogens is 3. The Balaban J connectivity index is 1.51. The van der Waals surface area contributed by atoms with Gasteiger partial charge in [-0.3, -0.25) is 0 Å². The summed E-state index contributed by atoms with van der Waals surface area (Å²) in [6, 6.07) is 8.13. The van der Waals surface area contributed by atoms with Crippen LogP contribution < -0.4 is 11.1 Å². The van der Waals surface area contributed by atoms with Crippen molar-refractivity contribution in [3.63, 3.8) is 0 Å². The minimum absolute atomic E-state index is 0.132. The highest BCUT2D eigenvalue weighted by Crippen LogP contribution is 2.31. The average molecular weight is 471 g/mol. The highest BCUT2D eigenvalue weighted by atomic mass is 35.5. The van der Waals surface area contributed by atoms with Gasteiger partial charge in [-0.05, 0) is 62.2 Å². The van der Waals surface area contributed by atoms with Crippen molar-refractivity contribution in [3.05, 3.63) is 83.3 Å². The van der Waals surface area contributed by atoms with Gasteiger partial charge in [0.1, 0.15) is 11.6 Å². The second kappa shape index (κ2) is 9.62. The van der Waals surface area contributed by atoms with Gasteiger partial charge >= 0.3 is 0 Å². The molecule has 0 saturated carbocycles. The minimum atomic E-state index is -0.394. The van der Waals surface area contributed by atoms with Crippen molar-refractivity contribution in [2.75, 3.05) is 18.4 Å². The fourth-order valence-electron chi connectivity index (χ4n) is 3.96. The number of anilines is 1. The first-order chi connectivity index (χ1) is 15.9. The van der Waals surface area contributed by atoms with Crippen LogP contribution in [0.25, 0.3) is 16.8 Å². The van der Waals surface area contributed by atoms with Crippen LogP contribution in [0, 0.1) is 5.82 Å². The van der Waals surface area contributed by atoms with Crippen molar-refractivity contribution in [2.24, 2.45) is 5.73 Å². The maximum Gasteiger partial charge on any atom is 0.243 e. The van der Waals surface area contributed by atoms with Gasteiger partial charge < -0.3 is 16.0 Å². The Morgan fingerprint density at radius 3 is 2.70 bits per heavy atom. The Hall–Kier alpha value is -3.39. The molecule has 0 atom stereocenters. The lowest BCUT2D eigenvalue weighted by Crippen LogP contribution is -2.38. The number of halogens is 3. The van der Waals surface area contributed by atoms with Crippen LogP contribution in [0.1, 0.15) is 19.8 Å². The SMILES string of the molecule is C=C/C(F)=C(\C=C(\C)N)N1CCC(Nc2nc3c(-c4ccc(F)cc4Cl)cccn3n2)CC1. The number of fused-ring (bicyclic) bond motifs is 1. The predicted molar refractivity (Wildman–Crippen MR) is 128 cm³/mol. The number of piperidine rings is 1. The van der Waals surface area contributed by atoms with Crippen molar-refractivity contribution >= 4 is 23.2 Å². The molecule has 2 aromatic heterocycles. The van der Waals surface area contributed by atoms with Crippen LogP contribution >= 0.6 is 11.6 Å². The summed E-state index contributed by atoms with van der Waals surface area (Å²) in [5.41, 5.74) is 8.82. The largest absolute Gasteiger partial charge is 0.402 e. The van der Waals surface area contributed by atoms with Crippen molar-refractivity contribution in [3.8, 4) is 11.1 Å². The lowest BCUT2D eigenvalue weighted by molar-refractivity contribution is 0.272. The quantitative estimate of drug-likeness (QED) is 0.479. The number of likely N-dealkylation sites (tertiary alicyclic amines) is 1. The molecule has 0 bridgehead atoms. The van der Waals surface area contributed by atoms with Gasteiger partial charge in [-0.15, -0.1) is 5.10 Å². The summed E-state index contributed by atoms with van der Waals surface area (Å²) < 4.78 is 29.4. The van der Waals surface area contributed by atoms with Crippen LogP contribution in [0.3, 0.4) is 0 Å². The van der Waals surface area contributed by atoms with Crippen molar-refractivity contribution < 1.29 is 8.78 Å². The molecule has 1 aliphatic heterocycles. The number of pyridine rings is 1. The number of hydrogen-bond acceptors (Lipinski definition) is 5. The van der Waals surface area contributed by atoms with Crippen LogP contribution in [-0.4, -0.2) is 38.6 Å². The zero-order chi connectivity index (χ0) is 23.5. The fourth-order valence-corrected chi connectivity index (χ4v) is 4.23. The molecule has 172 valence electrons. The summed E-state index contributed by atoms with van der Waals surface area (Å²) in [5, 5.41) is 8.22. The second-order valence-electron chi connectivity index (χ2n) is 7.98. The van der Waals surface area contributed by atoms with Gasteiger partial charge in [0, 0.05) is 42.2 Å². The molecule has 4 rings (SSSR count). The molecule has 0 unspecified atom stereocenters. The average Bonchev–Trinajstić information content (AvgIpc) is 3.20. The third-order valence-electron chi connectivity index (χ3n) is 5.54. The topological polar surface area (TPSA) is 71.5 Å². The Morgan fingerprint density at radius 1 is 1.27 bits per heavy atom. The molecule has 0 amide bonds. The minimum Gasteiger partial charge on any atom is -0.402 e. The molecule has 0 aliphatic carbocycles. The van der Waals surface area contributed by atoms with Gasteiger partial charge in [-0.2, -0.15) is 4.98 Å². The highest BCUT2D eigenvalue weighted by Gasteiger charge is 2.23. The second-order valence-corrected chi connectivity index (χ2v) is 8.39. The highest BCUT2D eigenvalue weighted by molar-refractivity contribution is 6.33. The zero-order valence-corrected chi connectivity index (χ0v) is 19.0. The molecule has 3 aromatic rings. The van der Waals surface area contributed by atoms with Crippen LogP contribution in [0.2, 0.25) is 5.02 Å². The number of nitrogens with one attached hydrogen (secondary N) is 1. The van der Waals surface area contributed by atoms with E-state index in [1.807, 2.05) is 17.0 Å². The normalized spacial score (nSPS) is 16.1. The molecule has 6 nitrogen and oxygen atoms in total. The monoisotopic (exact) mass is 470 g/mol. The van der Waals surface area contributed by atoms with Gasteiger partial charge in [0.15, 0.2) is 5.65 Å². The molecule has 0 radical (unpaired) electrons. The van der Waals surface area contributed by atoms with Crippen molar-refractivity contribution in [2.45, 2.75) is 25.8 Å². The lowest BCUT2D eigenvalue weighted by atomic mass is 10.0. The van der Waals surface area contributed by atoms with Crippen LogP contribution in [0.4, 0.5) is 14.7 Å². The molecule has 1 saturated heterocycles. The van der Waals surface area contributed by atoms with E-state index in [1.54, 1.807) is 29.8 Å². The summed E-state index contributed by atoms with van der Waals surface area (Å²) in [4.78, 5) is 6.62. The standard InChI is InChI=1S/C24H25ClF2N6/c1-3-21(27)22(13-15(2)28)32-11-8-17(9-12-32)29-24-30-23-19(5-4-10-33(23)31-24)18-7-6-16(26)14-20(18)25/h3-7,10,13-14,17H,1,8-9,11-12,28H2,2H3,(H,29,31)/b15-13-,22-21-.